The summed E-state index contributed by atoms with van der Waals surface area (Å²) in [4.78, 5) is 48.8. The Morgan fingerprint density at radius 1 is 1.10 bits per heavy atom. The van der Waals surface area contributed by atoms with Crippen LogP contribution in [0.25, 0.3) is 0 Å². The molecule has 0 heterocycles. The van der Waals surface area contributed by atoms with E-state index in [1.165, 1.54) is 0 Å². The lowest BCUT2D eigenvalue weighted by Crippen LogP contribution is -2.40. The predicted octanol–water partition coefficient (Wildman–Crippen LogP) is 1.72. The first kappa shape index (κ1) is 15.9. The smallest absolute Gasteiger partial charge is 0.309 e. The third-order valence-electron chi connectivity index (χ3n) is 4.37. The first-order valence-electron chi connectivity index (χ1n) is 7.72. The molecule has 21 heavy (non-hydrogen) atoms. The Bertz CT molecular complexity index is 463. The molecule has 0 aliphatic heterocycles. The van der Waals surface area contributed by atoms with Crippen molar-refractivity contribution in [3.8, 4) is 0 Å². The normalized spacial score (nSPS) is 30.5. The number of carbonyl (C=O) groups is 4. The molecule has 0 aromatic carbocycles. The van der Waals surface area contributed by atoms with E-state index in [-0.39, 0.29) is 36.4 Å². The average molecular weight is 294 g/mol. The van der Waals surface area contributed by atoms with Gasteiger partial charge in [-0.05, 0) is 32.6 Å². The molecule has 0 spiro atoms. The minimum absolute atomic E-state index is 0.0551. The van der Waals surface area contributed by atoms with Gasteiger partial charge < -0.3 is 4.74 Å². The zero-order valence-corrected chi connectivity index (χ0v) is 12.6. The van der Waals surface area contributed by atoms with Gasteiger partial charge in [-0.25, -0.2) is 0 Å². The number of ketones is 3. The molecule has 2 rings (SSSR count). The van der Waals surface area contributed by atoms with Crippen LogP contribution in [0, 0.1) is 23.7 Å². The number of hydrogen-bond acceptors (Lipinski definition) is 5. The zero-order valence-electron chi connectivity index (χ0n) is 12.6. The molecule has 116 valence electrons. The highest BCUT2D eigenvalue weighted by atomic mass is 16.5. The molecule has 3 unspecified atom stereocenters. The molecule has 2 fully saturated rings. The molecule has 2 aliphatic rings. The second-order valence-corrected chi connectivity index (χ2v) is 6.11. The Balaban J connectivity index is 2.16. The summed E-state index contributed by atoms with van der Waals surface area (Å²) in [7, 11) is 0. The molecule has 0 N–H and O–H groups in total. The molecule has 0 radical (unpaired) electrons. The number of rotatable bonds is 4. The van der Waals surface area contributed by atoms with Gasteiger partial charge in [-0.3, -0.25) is 19.2 Å². The van der Waals surface area contributed by atoms with Crippen LogP contribution in [0.2, 0.25) is 0 Å². The molecule has 0 bridgehead atoms. The van der Waals surface area contributed by atoms with Crippen LogP contribution in [-0.4, -0.2) is 29.9 Å². The van der Waals surface area contributed by atoms with Gasteiger partial charge in [0.2, 0.25) is 0 Å². The summed E-state index contributed by atoms with van der Waals surface area (Å²) in [6.45, 7) is 3.72. The topological polar surface area (TPSA) is 77.5 Å². The molecule has 0 aromatic rings. The van der Waals surface area contributed by atoms with E-state index in [4.69, 9.17) is 4.74 Å². The zero-order chi connectivity index (χ0) is 15.6. The van der Waals surface area contributed by atoms with Crippen LogP contribution >= 0.6 is 0 Å². The molecule has 3 atom stereocenters. The minimum atomic E-state index is -1.15. The van der Waals surface area contributed by atoms with Crippen molar-refractivity contribution in [2.75, 3.05) is 6.61 Å². The fourth-order valence-corrected chi connectivity index (χ4v) is 2.86. The molecule has 2 saturated carbocycles. The van der Waals surface area contributed by atoms with Crippen molar-refractivity contribution >= 4 is 23.3 Å². The highest BCUT2D eigenvalue weighted by Gasteiger charge is 2.45. The fraction of sp³-hybridized carbons (Fsp3) is 0.750. The summed E-state index contributed by atoms with van der Waals surface area (Å²) in [5.41, 5.74) is 0. The first-order valence-corrected chi connectivity index (χ1v) is 7.72. The van der Waals surface area contributed by atoms with E-state index in [0.717, 1.165) is 12.8 Å². The maximum absolute atomic E-state index is 12.4. The Hall–Kier alpha value is -1.52. The van der Waals surface area contributed by atoms with E-state index in [9.17, 15) is 19.2 Å². The van der Waals surface area contributed by atoms with Crippen LogP contribution in [0.3, 0.4) is 0 Å². The SMILES string of the molecule is CCOC(=O)C1CCC(C)C(=O)C(C(=O)C2CC2)C(=O)C1. The van der Waals surface area contributed by atoms with Crippen molar-refractivity contribution in [3.63, 3.8) is 0 Å². The van der Waals surface area contributed by atoms with Crippen molar-refractivity contribution < 1.29 is 23.9 Å². The van der Waals surface area contributed by atoms with E-state index in [0.29, 0.717) is 12.8 Å². The van der Waals surface area contributed by atoms with Crippen molar-refractivity contribution in [1.29, 1.82) is 0 Å². The number of hydrogen-bond donors (Lipinski definition) is 0. The minimum Gasteiger partial charge on any atom is -0.466 e. The lowest BCUT2D eigenvalue weighted by atomic mass is 9.76. The van der Waals surface area contributed by atoms with Crippen LogP contribution in [0.5, 0.6) is 0 Å². The van der Waals surface area contributed by atoms with Crippen LogP contribution in [0.4, 0.5) is 0 Å². The Labute approximate surface area is 124 Å². The number of esters is 1. The maximum atomic E-state index is 12.4. The van der Waals surface area contributed by atoms with E-state index in [2.05, 4.69) is 0 Å². The van der Waals surface area contributed by atoms with Gasteiger partial charge in [0.15, 0.2) is 17.3 Å². The quantitative estimate of drug-likeness (QED) is 0.583. The largest absolute Gasteiger partial charge is 0.466 e. The lowest BCUT2D eigenvalue weighted by Gasteiger charge is -2.25. The van der Waals surface area contributed by atoms with Gasteiger partial charge >= 0.3 is 5.97 Å². The van der Waals surface area contributed by atoms with E-state index in [1.54, 1.807) is 13.8 Å². The van der Waals surface area contributed by atoms with Gasteiger partial charge in [-0.15, -0.1) is 0 Å². The van der Waals surface area contributed by atoms with Crippen molar-refractivity contribution in [2.24, 2.45) is 23.7 Å². The molecular weight excluding hydrogens is 272 g/mol. The highest BCUT2D eigenvalue weighted by Crippen LogP contribution is 2.36. The van der Waals surface area contributed by atoms with Crippen LogP contribution in [0.1, 0.15) is 46.0 Å². The van der Waals surface area contributed by atoms with Gasteiger partial charge in [0.25, 0.3) is 0 Å². The Kier molecular flexibility index (Phi) is 4.91. The van der Waals surface area contributed by atoms with E-state index >= 15 is 0 Å². The van der Waals surface area contributed by atoms with Gasteiger partial charge in [0, 0.05) is 18.3 Å². The van der Waals surface area contributed by atoms with Gasteiger partial charge in [0.05, 0.1) is 12.5 Å². The summed E-state index contributed by atoms with van der Waals surface area (Å²) in [5, 5.41) is 0. The summed E-state index contributed by atoms with van der Waals surface area (Å²) >= 11 is 0. The van der Waals surface area contributed by atoms with Gasteiger partial charge in [-0.1, -0.05) is 6.92 Å². The molecule has 0 aromatic heterocycles. The molecule has 5 heteroatoms. The highest BCUT2D eigenvalue weighted by molar-refractivity contribution is 6.21. The van der Waals surface area contributed by atoms with Crippen LogP contribution in [0.15, 0.2) is 0 Å². The summed E-state index contributed by atoms with van der Waals surface area (Å²) in [6, 6.07) is 0. The third-order valence-corrected chi connectivity index (χ3v) is 4.37. The molecule has 0 saturated heterocycles. The Morgan fingerprint density at radius 3 is 2.29 bits per heavy atom. The number of Topliss-reactive ketones (excluding diaryl/α,β-unsaturated/α-hetero) is 3. The van der Waals surface area contributed by atoms with E-state index in [1.807, 2.05) is 0 Å². The molecule has 2 aliphatic carbocycles. The van der Waals surface area contributed by atoms with Gasteiger partial charge in [0.1, 0.15) is 5.92 Å². The third kappa shape index (κ3) is 3.57. The summed E-state index contributed by atoms with van der Waals surface area (Å²) in [5.74, 6) is -3.46. The standard InChI is InChI=1S/C16H22O5/c1-3-21-16(20)11-5-4-9(2)14(18)13(12(17)8-11)15(19)10-6-7-10/h9-11,13H,3-8H2,1-2H3. The van der Waals surface area contributed by atoms with E-state index < -0.39 is 23.6 Å². The predicted molar refractivity (Wildman–Crippen MR) is 74.4 cm³/mol. The van der Waals surface area contributed by atoms with Gasteiger partial charge in [-0.2, -0.15) is 0 Å². The van der Waals surface area contributed by atoms with Crippen molar-refractivity contribution in [2.45, 2.75) is 46.0 Å². The summed E-state index contributed by atoms with van der Waals surface area (Å²) < 4.78 is 4.98. The number of ether oxygens (including phenoxy) is 1. The average Bonchev–Trinajstić information content (AvgIpc) is 3.26. The van der Waals surface area contributed by atoms with Crippen LogP contribution in [-0.2, 0) is 23.9 Å². The van der Waals surface area contributed by atoms with Crippen molar-refractivity contribution in [3.05, 3.63) is 0 Å². The maximum Gasteiger partial charge on any atom is 0.309 e. The monoisotopic (exact) mass is 294 g/mol. The second-order valence-electron chi connectivity index (χ2n) is 6.11. The van der Waals surface area contributed by atoms with Crippen molar-refractivity contribution in [1.82, 2.24) is 0 Å². The van der Waals surface area contributed by atoms with Crippen LogP contribution < -0.4 is 0 Å². The Morgan fingerprint density at radius 2 is 1.71 bits per heavy atom. The molecule has 5 nitrogen and oxygen atoms in total. The molecule has 0 amide bonds. The summed E-state index contributed by atoms with van der Waals surface area (Å²) in [6.07, 6.45) is 2.46. The number of carbonyl (C=O) groups excluding carboxylic acids is 4. The first-order chi connectivity index (χ1) is 9.95. The fourth-order valence-electron chi connectivity index (χ4n) is 2.86. The lowest BCUT2D eigenvalue weighted by molar-refractivity contribution is -0.153. The molecular formula is C16H22O5. The second kappa shape index (κ2) is 6.50.